The Hall–Kier alpha value is -2.37. The fourth-order valence-electron chi connectivity index (χ4n) is 2.08. The van der Waals surface area contributed by atoms with Gasteiger partial charge in [-0.2, -0.15) is 0 Å². The molecule has 25 heavy (non-hydrogen) atoms. The lowest BCUT2D eigenvalue weighted by Gasteiger charge is -2.23. The number of ketones is 1. The molecule has 6 heteroatoms. The van der Waals surface area contributed by atoms with Crippen molar-refractivity contribution in [3.63, 3.8) is 0 Å². The van der Waals surface area contributed by atoms with E-state index >= 15 is 0 Å². The molecule has 0 unspecified atom stereocenters. The van der Waals surface area contributed by atoms with Gasteiger partial charge in [0, 0.05) is 6.42 Å². The molecule has 1 N–H and O–H groups in total. The van der Waals surface area contributed by atoms with E-state index in [-0.39, 0.29) is 12.4 Å². The van der Waals surface area contributed by atoms with Crippen LogP contribution in [0.2, 0.25) is 0 Å². The van der Waals surface area contributed by atoms with E-state index in [9.17, 15) is 14.4 Å². The number of rotatable bonds is 8. The van der Waals surface area contributed by atoms with Gasteiger partial charge in [0.1, 0.15) is 24.0 Å². The van der Waals surface area contributed by atoms with Gasteiger partial charge >= 0.3 is 12.1 Å². The molecule has 1 amide bonds. The van der Waals surface area contributed by atoms with Crippen LogP contribution in [0.15, 0.2) is 30.3 Å². The van der Waals surface area contributed by atoms with Crippen LogP contribution in [-0.4, -0.2) is 29.5 Å². The standard InChI is InChI=1S/C19H27NO5/c1-14(21)9-8-12-16(20-18(23)25-19(2,3)4)17(22)24-13-15-10-6-5-7-11-15/h5-7,10-11,16H,8-9,12-13H2,1-4H3,(H,20,23)/t16-/m0/s1. The van der Waals surface area contributed by atoms with E-state index in [0.29, 0.717) is 19.3 Å². The van der Waals surface area contributed by atoms with Crippen molar-refractivity contribution in [3.05, 3.63) is 35.9 Å². The van der Waals surface area contributed by atoms with Gasteiger partial charge in [0.25, 0.3) is 0 Å². The molecule has 1 atom stereocenters. The monoisotopic (exact) mass is 349 g/mol. The Morgan fingerprint density at radius 2 is 1.76 bits per heavy atom. The number of benzene rings is 1. The van der Waals surface area contributed by atoms with Crippen LogP contribution in [0.1, 0.15) is 52.5 Å². The van der Waals surface area contributed by atoms with E-state index in [0.717, 1.165) is 5.56 Å². The third kappa shape index (κ3) is 9.49. The molecule has 0 saturated heterocycles. The highest BCUT2D eigenvalue weighted by Gasteiger charge is 2.25. The lowest BCUT2D eigenvalue weighted by atomic mass is 10.1. The number of carbonyl (C=O) groups is 3. The maximum Gasteiger partial charge on any atom is 0.408 e. The molecule has 0 bridgehead atoms. The van der Waals surface area contributed by atoms with E-state index in [4.69, 9.17) is 9.47 Å². The summed E-state index contributed by atoms with van der Waals surface area (Å²) >= 11 is 0. The molecule has 6 nitrogen and oxygen atoms in total. The first-order valence-corrected chi connectivity index (χ1v) is 8.37. The van der Waals surface area contributed by atoms with Crippen molar-refractivity contribution in [1.82, 2.24) is 5.32 Å². The Bertz CT molecular complexity index is 577. The van der Waals surface area contributed by atoms with Crippen molar-refractivity contribution >= 4 is 17.8 Å². The second kappa shape index (κ2) is 9.81. The second-order valence-corrected chi connectivity index (χ2v) is 6.89. The fraction of sp³-hybridized carbons (Fsp3) is 0.526. The van der Waals surface area contributed by atoms with E-state index in [2.05, 4.69) is 5.32 Å². The number of hydrogen-bond donors (Lipinski definition) is 1. The first-order chi connectivity index (χ1) is 11.7. The Morgan fingerprint density at radius 1 is 1.12 bits per heavy atom. The van der Waals surface area contributed by atoms with Gasteiger partial charge in [-0.1, -0.05) is 30.3 Å². The number of esters is 1. The van der Waals surface area contributed by atoms with Gasteiger partial charge < -0.3 is 19.6 Å². The molecule has 0 aromatic heterocycles. The Kier molecular flexibility index (Phi) is 8.11. The van der Waals surface area contributed by atoms with E-state index in [1.54, 1.807) is 20.8 Å². The third-order valence-electron chi connectivity index (χ3n) is 3.22. The Morgan fingerprint density at radius 3 is 2.32 bits per heavy atom. The van der Waals surface area contributed by atoms with Gasteiger partial charge in [0.15, 0.2) is 0 Å². The van der Waals surface area contributed by atoms with Gasteiger partial charge in [0.05, 0.1) is 0 Å². The van der Waals surface area contributed by atoms with Crippen molar-refractivity contribution < 1.29 is 23.9 Å². The Labute approximate surface area is 148 Å². The first-order valence-electron chi connectivity index (χ1n) is 8.37. The van der Waals surface area contributed by atoms with Crippen LogP contribution in [0, 0.1) is 0 Å². The molecular weight excluding hydrogens is 322 g/mol. The summed E-state index contributed by atoms with van der Waals surface area (Å²) in [5.41, 5.74) is 0.192. The van der Waals surface area contributed by atoms with E-state index in [1.165, 1.54) is 6.92 Å². The minimum atomic E-state index is -0.849. The summed E-state index contributed by atoms with van der Waals surface area (Å²) < 4.78 is 10.5. The molecule has 0 aliphatic rings. The number of Topliss-reactive ketones (excluding diaryl/α,β-unsaturated/α-hetero) is 1. The topological polar surface area (TPSA) is 81.7 Å². The van der Waals surface area contributed by atoms with Gasteiger partial charge in [0.2, 0.25) is 0 Å². The summed E-state index contributed by atoms with van der Waals surface area (Å²) in [5, 5.41) is 2.54. The normalized spacial score (nSPS) is 12.2. The maximum atomic E-state index is 12.3. The number of hydrogen-bond acceptors (Lipinski definition) is 5. The number of nitrogens with one attached hydrogen (secondary N) is 1. The van der Waals surface area contributed by atoms with Crippen molar-refractivity contribution in [1.29, 1.82) is 0 Å². The molecule has 1 aromatic rings. The molecule has 0 aliphatic heterocycles. The highest BCUT2D eigenvalue weighted by Crippen LogP contribution is 2.10. The van der Waals surface area contributed by atoms with Gasteiger partial charge in [-0.3, -0.25) is 0 Å². The largest absolute Gasteiger partial charge is 0.459 e. The quantitative estimate of drug-likeness (QED) is 0.728. The molecule has 0 aliphatic carbocycles. The van der Waals surface area contributed by atoms with Crippen molar-refractivity contribution in [3.8, 4) is 0 Å². The fourth-order valence-corrected chi connectivity index (χ4v) is 2.08. The molecule has 1 rings (SSSR count). The zero-order chi connectivity index (χ0) is 18.9. The van der Waals surface area contributed by atoms with Crippen LogP contribution in [-0.2, 0) is 25.7 Å². The summed E-state index contributed by atoms with van der Waals surface area (Å²) in [5.74, 6) is -0.507. The van der Waals surface area contributed by atoms with Crippen LogP contribution >= 0.6 is 0 Å². The minimum absolute atomic E-state index is 0.0358. The first kappa shape index (κ1) is 20.7. The average molecular weight is 349 g/mol. The van der Waals surface area contributed by atoms with E-state index in [1.807, 2.05) is 30.3 Å². The summed E-state index contributed by atoms with van der Waals surface area (Å²) in [4.78, 5) is 35.3. The lowest BCUT2D eigenvalue weighted by Crippen LogP contribution is -2.44. The highest BCUT2D eigenvalue weighted by atomic mass is 16.6. The van der Waals surface area contributed by atoms with Crippen LogP contribution in [0.3, 0.4) is 0 Å². The number of alkyl carbamates (subject to hydrolysis) is 1. The van der Waals surface area contributed by atoms with Crippen LogP contribution in [0.4, 0.5) is 4.79 Å². The molecule has 0 heterocycles. The van der Waals surface area contributed by atoms with Gasteiger partial charge in [-0.15, -0.1) is 0 Å². The molecule has 1 aromatic carbocycles. The molecule has 0 fully saturated rings. The van der Waals surface area contributed by atoms with Crippen LogP contribution < -0.4 is 5.32 Å². The lowest BCUT2D eigenvalue weighted by molar-refractivity contribution is -0.147. The average Bonchev–Trinajstić information content (AvgIpc) is 2.50. The zero-order valence-corrected chi connectivity index (χ0v) is 15.3. The smallest absolute Gasteiger partial charge is 0.408 e. The number of ether oxygens (including phenoxy) is 2. The molecule has 138 valence electrons. The molecule has 0 saturated carbocycles. The van der Waals surface area contributed by atoms with Gasteiger partial charge in [-0.05, 0) is 46.1 Å². The van der Waals surface area contributed by atoms with Crippen molar-refractivity contribution in [2.45, 2.75) is 65.2 Å². The zero-order valence-electron chi connectivity index (χ0n) is 15.3. The predicted octanol–water partition coefficient (Wildman–Crippen LogP) is 3.38. The molecule has 0 spiro atoms. The molecular formula is C19H27NO5. The van der Waals surface area contributed by atoms with Gasteiger partial charge in [-0.25, -0.2) is 9.59 Å². The predicted molar refractivity (Wildman–Crippen MR) is 93.9 cm³/mol. The maximum absolute atomic E-state index is 12.3. The van der Waals surface area contributed by atoms with Crippen molar-refractivity contribution in [2.24, 2.45) is 0 Å². The summed E-state index contributed by atoms with van der Waals surface area (Å²) in [6.45, 7) is 6.84. The number of amides is 1. The SMILES string of the molecule is CC(=O)CCC[C@H](NC(=O)OC(C)(C)C)C(=O)OCc1ccccc1. The highest BCUT2D eigenvalue weighted by molar-refractivity contribution is 5.81. The third-order valence-corrected chi connectivity index (χ3v) is 3.22. The molecule has 0 radical (unpaired) electrons. The summed E-state index contributed by atoms with van der Waals surface area (Å²) in [6, 6.07) is 8.43. The number of carbonyl (C=O) groups excluding carboxylic acids is 3. The van der Waals surface area contributed by atoms with Crippen LogP contribution in [0.25, 0.3) is 0 Å². The second-order valence-electron chi connectivity index (χ2n) is 6.89. The Balaban J connectivity index is 2.62. The minimum Gasteiger partial charge on any atom is -0.459 e. The van der Waals surface area contributed by atoms with Crippen LogP contribution in [0.5, 0.6) is 0 Å². The van der Waals surface area contributed by atoms with E-state index < -0.39 is 23.7 Å². The van der Waals surface area contributed by atoms with Crippen molar-refractivity contribution in [2.75, 3.05) is 0 Å². The summed E-state index contributed by atoms with van der Waals surface area (Å²) in [7, 11) is 0. The summed E-state index contributed by atoms with van der Waals surface area (Å²) in [6.07, 6.45) is 0.457.